The number of nitrogens with zero attached hydrogens (tertiary/aromatic N) is 1. The number of methoxy groups -OCH3 is 1. The van der Waals surface area contributed by atoms with Crippen LogP contribution in [-0.4, -0.2) is 29.7 Å². The summed E-state index contributed by atoms with van der Waals surface area (Å²) in [6, 6.07) is 4.14. The molecule has 2 atom stereocenters. The van der Waals surface area contributed by atoms with E-state index in [0.717, 1.165) is 15.3 Å². The van der Waals surface area contributed by atoms with E-state index in [1.54, 1.807) is 18.4 Å². The molecular weight excluding hydrogens is 330 g/mol. The second-order valence-electron chi connectivity index (χ2n) is 5.50. The smallest absolute Gasteiger partial charge is 0.260 e. The summed E-state index contributed by atoms with van der Waals surface area (Å²) in [4.78, 5) is 22.0. The van der Waals surface area contributed by atoms with E-state index in [2.05, 4.69) is 15.3 Å². The van der Waals surface area contributed by atoms with Gasteiger partial charge in [-0.05, 0) is 25.3 Å². The van der Waals surface area contributed by atoms with Crippen LogP contribution in [0.1, 0.15) is 25.7 Å². The van der Waals surface area contributed by atoms with E-state index in [1.165, 1.54) is 11.3 Å². The third-order valence-corrected chi connectivity index (χ3v) is 5.39. The van der Waals surface area contributed by atoms with Gasteiger partial charge in [0.15, 0.2) is 0 Å². The van der Waals surface area contributed by atoms with Gasteiger partial charge in [-0.2, -0.15) is 0 Å². The summed E-state index contributed by atoms with van der Waals surface area (Å²) in [5.41, 5.74) is 0.886. The quantitative estimate of drug-likeness (QED) is 0.716. The zero-order chi connectivity index (χ0) is 16.4. The van der Waals surface area contributed by atoms with Gasteiger partial charge in [0.05, 0.1) is 18.0 Å². The predicted octanol–water partition coefficient (Wildman–Crippen LogP) is 3.40. The van der Waals surface area contributed by atoms with Crippen LogP contribution in [0.15, 0.2) is 27.7 Å². The molecule has 0 saturated heterocycles. The minimum Gasteiger partial charge on any atom is -0.383 e. The van der Waals surface area contributed by atoms with Gasteiger partial charge in [0.2, 0.25) is 0 Å². The maximum absolute atomic E-state index is 12.6. The van der Waals surface area contributed by atoms with E-state index in [0.29, 0.717) is 17.8 Å². The van der Waals surface area contributed by atoms with Gasteiger partial charge in [-0.3, -0.25) is 4.79 Å². The third kappa shape index (κ3) is 3.37. The average Bonchev–Trinajstić information content (AvgIpc) is 3.15. The fourth-order valence-electron chi connectivity index (χ4n) is 2.59. The number of thiophene rings is 2. The van der Waals surface area contributed by atoms with Gasteiger partial charge in [-0.15, -0.1) is 22.7 Å². The molecule has 122 valence electrons. The second kappa shape index (κ2) is 6.92. The van der Waals surface area contributed by atoms with Crippen LogP contribution in [0.2, 0.25) is 0 Å². The van der Waals surface area contributed by atoms with Crippen LogP contribution in [0.3, 0.4) is 0 Å². The lowest BCUT2D eigenvalue weighted by molar-refractivity contribution is 0.167. The van der Waals surface area contributed by atoms with Crippen molar-refractivity contribution >= 4 is 32.9 Å². The Kier molecular flexibility index (Phi) is 4.91. The van der Waals surface area contributed by atoms with Crippen LogP contribution in [0.5, 0.6) is 0 Å². The van der Waals surface area contributed by atoms with Crippen molar-refractivity contribution in [1.82, 2.24) is 15.3 Å². The normalized spacial score (nSPS) is 14.2. The molecule has 0 aliphatic rings. The molecule has 0 spiro atoms. The lowest BCUT2D eigenvalue weighted by atomic mass is 10.2. The van der Waals surface area contributed by atoms with Crippen molar-refractivity contribution < 1.29 is 4.74 Å². The summed E-state index contributed by atoms with van der Waals surface area (Å²) in [6.07, 6.45) is 0. The Labute approximate surface area is 142 Å². The Bertz CT molecular complexity index is 839. The van der Waals surface area contributed by atoms with Crippen LogP contribution in [0, 0.1) is 0 Å². The lowest BCUT2D eigenvalue weighted by Crippen LogP contribution is -2.34. The van der Waals surface area contributed by atoms with Crippen LogP contribution >= 0.6 is 22.7 Å². The number of rotatable bonds is 6. The monoisotopic (exact) mass is 349 g/mol. The van der Waals surface area contributed by atoms with Crippen molar-refractivity contribution in [3.8, 4) is 10.4 Å². The first-order valence-corrected chi connectivity index (χ1v) is 9.16. The maximum Gasteiger partial charge on any atom is 0.260 e. The van der Waals surface area contributed by atoms with Crippen molar-refractivity contribution in [1.29, 1.82) is 0 Å². The Balaban J connectivity index is 1.95. The van der Waals surface area contributed by atoms with Gasteiger partial charge in [0.25, 0.3) is 5.56 Å². The highest BCUT2D eigenvalue weighted by Crippen LogP contribution is 2.33. The number of nitrogens with one attached hydrogen (secondary N) is 2. The van der Waals surface area contributed by atoms with Gasteiger partial charge < -0.3 is 15.0 Å². The van der Waals surface area contributed by atoms with Crippen molar-refractivity contribution in [2.45, 2.75) is 25.9 Å². The molecule has 3 aromatic heterocycles. The average molecular weight is 349 g/mol. The molecule has 0 aliphatic heterocycles. The lowest BCUT2D eigenvalue weighted by Gasteiger charge is -2.18. The highest BCUT2D eigenvalue weighted by molar-refractivity contribution is 7.18. The van der Waals surface area contributed by atoms with Crippen LogP contribution in [0.25, 0.3) is 20.7 Å². The Hall–Kier alpha value is -1.54. The molecule has 0 saturated carbocycles. The van der Waals surface area contributed by atoms with Crippen LogP contribution in [0.4, 0.5) is 0 Å². The minimum absolute atomic E-state index is 0.0514. The predicted molar refractivity (Wildman–Crippen MR) is 96.4 cm³/mol. The van der Waals surface area contributed by atoms with Gasteiger partial charge in [-0.1, -0.05) is 6.07 Å². The largest absolute Gasteiger partial charge is 0.383 e. The summed E-state index contributed by atoms with van der Waals surface area (Å²) < 4.78 is 5.13. The number of aromatic nitrogens is 2. The van der Waals surface area contributed by atoms with Crippen LogP contribution in [-0.2, 0) is 4.74 Å². The van der Waals surface area contributed by atoms with Crippen molar-refractivity contribution in [3.05, 3.63) is 39.1 Å². The first-order chi connectivity index (χ1) is 11.1. The highest BCUT2D eigenvalue weighted by Gasteiger charge is 2.17. The van der Waals surface area contributed by atoms with E-state index in [-0.39, 0.29) is 17.6 Å². The number of aromatic amines is 1. The van der Waals surface area contributed by atoms with E-state index in [4.69, 9.17) is 4.74 Å². The molecule has 2 N–H and O–H groups in total. The molecule has 0 radical (unpaired) electrons. The molecule has 0 unspecified atom stereocenters. The molecule has 0 aliphatic carbocycles. The molecule has 0 amide bonds. The SMILES string of the molecule is COC[C@H](C)N[C@@H](C)c1nc2scc(-c3cccs3)c2c(=O)[nH]1. The zero-order valence-electron chi connectivity index (χ0n) is 13.3. The van der Waals surface area contributed by atoms with E-state index < -0.39 is 0 Å². The second-order valence-corrected chi connectivity index (χ2v) is 7.31. The standard InChI is InChI=1S/C16H19N3O2S2/c1-9(7-21-3)17-10(2)14-18-15(20)13-11(8-23-16(13)19-14)12-5-4-6-22-12/h4-6,8-10,17H,7H2,1-3H3,(H,18,19,20)/t9-,10-/m0/s1. The van der Waals surface area contributed by atoms with Crippen molar-refractivity contribution in [2.24, 2.45) is 0 Å². The minimum atomic E-state index is -0.0808. The van der Waals surface area contributed by atoms with Crippen LogP contribution < -0.4 is 10.9 Å². The van der Waals surface area contributed by atoms with Crippen molar-refractivity contribution in [3.63, 3.8) is 0 Å². The molecule has 7 heteroatoms. The van der Waals surface area contributed by atoms with E-state index >= 15 is 0 Å². The Morgan fingerprint density at radius 2 is 2.22 bits per heavy atom. The van der Waals surface area contributed by atoms with E-state index in [1.807, 2.05) is 36.7 Å². The summed E-state index contributed by atoms with van der Waals surface area (Å²) in [5.74, 6) is 0.657. The fourth-order valence-corrected chi connectivity index (χ4v) is 4.36. The van der Waals surface area contributed by atoms with Gasteiger partial charge in [0.1, 0.15) is 10.7 Å². The third-order valence-electron chi connectivity index (χ3n) is 3.61. The molecule has 0 bridgehead atoms. The summed E-state index contributed by atoms with van der Waals surface area (Å²) in [7, 11) is 1.67. The molecule has 3 heterocycles. The summed E-state index contributed by atoms with van der Waals surface area (Å²) in [5, 5.41) is 8.07. The first-order valence-electron chi connectivity index (χ1n) is 7.40. The number of hydrogen-bond donors (Lipinski definition) is 2. The molecule has 0 fully saturated rings. The highest BCUT2D eigenvalue weighted by atomic mass is 32.1. The van der Waals surface area contributed by atoms with Gasteiger partial charge in [-0.25, -0.2) is 4.98 Å². The molecule has 3 aromatic rings. The summed E-state index contributed by atoms with van der Waals surface area (Å²) in [6.45, 7) is 4.64. The topological polar surface area (TPSA) is 67.0 Å². The molecule has 23 heavy (non-hydrogen) atoms. The first kappa shape index (κ1) is 16.3. The number of ether oxygens (including phenoxy) is 1. The Morgan fingerprint density at radius 1 is 1.39 bits per heavy atom. The van der Waals surface area contributed by atoms with E-state index in [9.17, 15) is 4.79 Å². The van der Waals surface area contributed by atoms with Gasteiger partial charge in [0, 0.05) is 29.0 Å². The van der Waals surface area contributed by atoms with Gasteiger partial charge >= 0.3 is 0 Å². The van der Waals surface area contributed by atoms with Crippen molar-refractivity contribution in [2.75, 3.05) is 13.7 Å². The molecule has 3 rings (SSSR count). The number of fused-ring (bicyclic) bond motifs is 1. The molecule has 0 aromatic carbocycles. The molecular formula is C16H19N3O2S2. The fraction of sp³-hybridized carbons (Fsp3) is 0.375. The summed E-state index contributed by atoms with van der Waals surface area (Å²) >= 11 is 3.14. The maximum atomic E-state index is 12.6. The zero-order valence-corrected chi connectivity index (χ0v) is 14.9. The number of hydrogen-bond acceptors (Lipinski definition) is 6. The Morgan fingerprint density at radius 3 is 2.91 bits per heavy atom. The molecule has 5 nitrogen and oxygen atoms in total. The number of H-pyrrole nitrogens is 1.